The smallest absolute Gasteiger partial charge is 0.234 e. The number of nitrogens with one attached hydrogen (secondary N) is 1. The molecule has 2 aromatic heterocycles. The first-order valence-corrected chi connectivity index (χ1v) is 17.9. The molecule has 232 valence electrons. The number of sulfonamides is 1. The van der Waals surface area contributed by atoms with Crippen molar-refractivity contribution in [2.24, 2.45) is 17.9 Å². The number of fused-ring (bicyclic) bond motifs is 3. The summed E-state index contributed by atoms with van der Waals surface area (Å²) in [5, 5.41) is 4.89. The summed E-state index contributed by atoms with van der Waals surface area (Å²) >= 11 is 0. The fraction of sp³-hybridized carbons (Fsp3) is 0.559. The Morgan fingerprint density at radius 1 is 1.00 bits per heavy atom. The van der Waals surface area contributed by atoms with E-state index in [2.05, 4.69) is 22.5 Å². The molecule has 0 atom stereocenters. The van der Waals surface area contributed by atoms with Gasteiger partial charge in [-0.1, -0.05) is 12.1 Å². The summed E-state index contributed by atoms with van der Waals surface area (Å²) in [6, 6.07) is 13.4. The third-order valence-electron chi connectivity index (χ3n) is 11.5. The van der Waals surface area contributed by atoms with Crippen LogP contribution in [0.25, 0.3) is 11.1 Å². The average Bonchev–Trinajstić information content (AvgIpc) is 3.75. The van der Waals surface area contributed by atoms with Gasteiger partial charge in [0, 0.05) is 42.5 Å². The molecule has 1 aromatic carbocycles. The van der Waals surface area contributed by atoms with Crippen molar-refractivity contribution in [1.29, 1.82) is 0 Å². The first-order chi connectivity index (χ1) is 20.9. The molecule has 4 bridgehead atoms. The van der Waals surface area contributed by atoms with E-state index in [0.717, 1.165) is 55.9 Å². The maximum Gasteiger partial charge on any atom is 0.234 e. The number of benzene rings is 1. The van der Waals surface area contributed by atoms with Crippen molar-refractivity contribution in [3.63, 3.8) is 0 Å². The molecule has 7 aliphatic rings. The molecule has 7 fully saturated rings. The second-order valence-corrected chi connectivity index (χ2v) is 16.6. The first-order valence-electron chi connectivity index (χ1n) is 16.0. The quantitative estimate of drug-likeness (QED) is 0.306. The second-order valence-electron chi connectivity index (χ2n) is 14.8. The predicted octanol–water partition coefficient (Wildman–Crippen LogP) is 6.25. The van der Waals surface area contributed by atoms with Gasteiger partial charge < -0.3 is 0 Å². The molecule has 8 nitrogen and oxygen atoms in total. The van der Waals surface area contributed by atoms with Gasteiger partial charge in [-0.2, -0.15) is 5.10 Å². The minimum Gasteiger partial charge on any atom is -0.296 e. The zero-order chi connectivity index (χ0) is 30.5. The van der Waals surface area contributed by atoms with Gasteiger partial charge in [-0.05, 0) is 118 Å². The molecule has 2 heterocycles. The van der Waals surface area contributed by atoms with E-state index >= 15 is 0 Å². The van der Waals surface area contributed by atoms with E-state index < -0.39 is 21.1 Å². The van der Waals surface area contributed by atoms with Crippen molar-refractivity contribution < 1.29 is 17.6 Å². The number of anilines is 2. The highest BCUT2D eigenvalue weighted by Gasteiger charge is 2.73. The summed E-state index contributed by atoms with van der Waals surface area (Å²) in [5.41, 5.74) is 3.35. The number of alkyl halides is 1. The van der Waals surface area contributed by atoms with Crippen LogP contribution < -0.4 is 9.62 Å². The predicted molar refractivity (Wildman–Crippen MR) is 168 cm³/mol. The Balaban J connectivity index is 1.06. The van der Waals surface area contributed by atoms with E-state index in [4.69, 9.17) is 10.1 Å². The standard InChI is InChI=1S/C34H40FN5O3S/c1-39-28(18-27(37-39)24-3-4-24)32-13-10-31(11-14-32,12-15-32)22-40(30(41)33-19-34(35,20-33)21-33)29-17-25(9-16-36-29)23-5-7-26(8-6-23)38-44(2,42)43/h5-9,16-18,24,38H,3-4,10-15,19-22H2,1-2H3. The number of carbonyl (C=O) groups excluding carboxylic acids is 1. The van der Waals surface area contributed by atoms with E-state index in [1.165, 1.54) is 24.2 Å². The molecule has 0 saturated heterocycles. The van der Waals surface area contributed by atoms with Crippen LogP contribution in [0.15, 0.2) is 48.7 Å². The van der Waals surface area contributed by atoms with Gasteiger partial charge >= 0.3 is 0 Å². The number of aromatic nitrogens is 3. The number of rotatable bonds is 9. The Morgan fingerprint density at radius 3 is 2.25 bits per heavy atom. The van der Waals surface area contributed by atoms with Gasteiger partial charge in [0.25, 0.3) is 0 Å². The third kappa shape index (κ3) is 4.66. The summed E-state index contributed by atoms with van der Waals surface area (Å²) in [6.45, 7) is 0.606. The Kier molecular flexibility index (Phi) is 6.01. The first kappa shape index (κ1) is 28.2. The molecule has 7 saturated carbocycles. The monoisotopic (exact) mass is 617 g/mol. The van der Waals surface area contributed by atoms with E-state index in [1.54, 1.807) is 18.3 Å². The molecule has 1 N–H and O–H groups in total. The van der Waals surface area contributed by atoms with E-state index in [0.29, 0.717) is 43.2 Å². The molecule has 10 heteroatoms. The number of halogens is 1. The van der Waals surface area contributed by atoms with Crippen LogP contribution in [-0.2, 0) is 27.3 Å². The highest BCUT2D eigenvalue weighted by molar-refractivity contribution is 7.92. The maximum atomic E-state index is 14.6. The second kappa shape index (κ2) is 9.37. The Hall–Kier alpha value is -3.27. The molecule has 0 spiro atoms. The van der Waals surface area contributed by atoms with Crippen LogP contribution in [0.3, 0.4) is 0 Å². The third-order valence-corrected chi connectivity index (χ3v) is 12.1. The van der Waals surface area contributed by atoms with E-state index in [1.807, 2.05) is 29.2 Å². The van der Waals surface area contributed by atoms with Crippen molar-refractivity contribution >= 4 is 27.4 Å². The molecular weight excluding hydrogens is 577 g/mol. The van der Waals surface area contributed by atoms with Crippen molar-refractivity contribution in [2.45, 2.75) is 87.6 Å². The fourth-order valence-corrected chi connectivity index (χ4v) is 9.47. The van der Waals surface area contributed by atoms with Gasteiger partial charge in [0.05, 0.1) is 17.4 Å². The molecule has 44 heavy (non-hydrogen) atoms. The number of carbonyl (C=O) groups is 1. The van der Waals surface area contributed by atoms with E-state index in [9.17, 15) is 17.6 Å². The normalized spacial score (nSPS) is 32.1. The minimum atomic E-state index is -3.37. The maximum absolute atomic E-state index is 14.6. The highest BCUT2D eigenvalue weighted by Crippen LogP contribution is 2.70. The van der Waals surface area contributed by atoms with Crippen LogP contribution in [-0.4, -0.2) is 47.6 Å². The van der Waals surface area contributed by atoms with Crippen LogP contribution in [0.4, 0.5) is 15.9 Å². The Bertz CT molecular complexity index is 1720. The number of pyridine rings is 1. The summed E-state index contributed by atoms with van der Waals surface area (Å²) < 4.78 is 42.5. The van der Waals surface area contributed by atoms with Crippen LogP contribution >= 0.6 is 0 Å². The number of hydrogen-bond donors (Lipinski definition) is 1. The Morgan fingerprint density at radius 2 is 1.66 bits per heavy atom. The molecule has 10 rings (SSSR count). The molecule has 0 unspecified atom stereocenters. The summed E-state index contributed by atoms with van der Waals surface area (Å²) in [7, 11) is -1.27. The Labute approximate surface area is 258 Å². The number of amides is 1. The van der Waals surface area contributed by atoms with Gasteiger partial charge in [0.2, 0.25) is 15.9 Å². The van der Waals surface area contributed by atoms with Crippen LogP contribution in [0.5, 0.6) is 0 Å². The SMILES string of the molecule is Cn1nc(C2CC2)cc1C12CCC(CN(C(=O)C34CC(F)(C3)C4)c3cc(-c4ccc(NS(C)(=O)=O)cc4)ccn3)(CC1)CC2. The topological polar surface area (TPSA) is 97.2 Å². The van der Waals surface area contributed by atoms with Crippen LogP contribution in [0, 0.1) is 10.8 Å². The minimum absolute atomic E-state index is 0.0168. The zero-order valence-corrected chi connectivity index (χ0v) is 26.3. The van der Waals surface area contributed by atoms with Crippen LogP contribution in [0.1, 0.15) is 87.9 Å². The molecule has 1 amide bonds. The van der Waals surface area contributed by atoms with Gasteiger partial charge in [-0.15, -0.1) is 0 Å². The highest BCUT2D eigenvalue weighted by atomic mass is 32.2. The number of nitrogens with zero attached hydrogens (tertiary/aromatic N) is 4. The zero-order valence-electron chi connectivity index (χ0n) is 25.5. The van der Waals surface area contributed by atoms with E-state index in [-0.39, 0.29) is 16.7 Å². The van der Waals surface area contributed by atoms with Gasteiger partial charge in [-0.25, -0.2) is 17.8 Å². The molecular formula is C34H40FN5O3S. The molecule has 3 aromatic rings. The average molecular weight is 618 g/mol. The van der Waals surface area contributed by atoms with Crippen molar-refractivity contribution in [2.75, 3.05) is 22.4 Å². The van der Waals surface area contributed by atoms with Gasteiger partial charge in [0.15, 0.2) is 0 Å². The molecule has 7 aliphatic carbocycles. The lowest BCUT2D eigenvalue weighted by atomic mass is 9.41. The molecule has 0 radical (unpaired) electrons. The molecule has 0 aliphatic heterocycles. The van der Waals surface area contributed by atoms with Crippen LogP contribution in [0.2, 0.25) is 0 Å². The van der Waals surface area contributed by atoms with Gasteiger partial charge in [-0.3, -0.25) is 19.1 Å². The fourth-order valence-electron chi connectivity index (χ4n) is 8.91. The summed E-state index contributed by atoms with van der Waals surface area (Å²) in [6.07, 6.45) is 12.8. The van der Waals surface area contributed by atoms with Crippen molar-refractivity contribution in [3.05, 3.63) is 60.0 Å². The largest absolute Gasteiger partial charge is 0.296 e. The number of hydrogen-bond acceptors (Lipinski definition) is 5. The lowest BCUT2D eigenvalue weighted by Gasteiger charge is -2.65. The van der Waals surface area contributed by atoms with Crippen molar-refractivity contribution in [1.82, 2.24) is 14.8 Å². The van der Waals surface area contributed by atoms with Gasteiger partial charge in [0.1, 0.15) is 11.5 Å². The number of aryl methyl sites for hydroxylation is 1. The lowest BCUT2D eigenvalue weighted by Crippen LogP contribution is -2.71. The summed E-state index contributed by atoms with van der Waals surface area (Å²) in [5.74, 6) is 1.27. The van der Waals surface area contributed by atoms with Crippen molar-refractivity contribution in [3.8, 4) is 11.1 Å². The summed E-state index contributed by atoms with van der Waals surface area (Å²) in [4.78, 5) is 20.8. The lowest BCUT2D eigenvalue weighted by molar-refractivity contribution is -0.211.